The van der Waals surface area contributed by atoms with Crippen LogP contribution in [0.15, 0.2) is 67.1 Å². The molecule has 1 aliphatic rings. The van der Waals surface area contributed by atoms with Gasteiger partial charge < -0.3 is 9.62 Å². The smallest absolute Gasteiger partial charge is 0.395 e. The molecule has 0 N–H and O–H groups in total. The van der Waals surface area contributed by atoms with Crippen molar-refractivity contribution in [3.05, 3.63) is 67.1 Å². The van der Waals surface area contributed by atoms with Gasteiger partial charge in [0.15, 0.2) is 0 Å². The third-order valence-electron chi connectivity index (χ3n) is 4.22. The van der Waals surface area contributed by atoms with Gasteiger partial charge in [-0.05, 0) is 61.4 Å². The van der Waals surface area contributed by atoms with Gasteiger partial charge in [0.1, 0.15) is 5.82 Å². The Labute approximate surface area is 162 Å². The molecule has 0 unspecified atom stereocenters. The standard InChI is InChI=1S/C19H18BN4.Ir/c1-14(2)23-17-5-3-4-6-18(17)24(20-23)19-13-16(9-12-22-19)15-7-10-21-11-8-15;/h3-14H,1-2H3;. The second-order valence-electron chi connectivity index (χ2n) is 6.11. The molecule has 3 heterocycles. The first kappa shape index (κ1) is 17.7. The summed E-state index contributed by atoms with van der Waals surface area (Å²) < 4.78 is 0. The number of fused-ring (bicyclic) bond motifs is 1. The summed E-state index contributed by atoms with van der Waals surface area (Å²) in [5, 5.41) is 0. The van der Waals surface area contributed by atoms with Gasteiger partial charge in [0.2, 0.25) is 0 Å². The largest absolute Gasteiger partial charge is 0.397 e. The van der Waals surface area contributed by atoms with E-state index >= 15 is 0 Å². The minimum absolute atomic E-state index is 0. The van der Waals surface area contributed by atoms with Crippen molar-refractivity contribution >= 4 is 24.7 Å². The second-order valence-corrected chi connectivity index (χ2v) is 6.11. The Morgan fingerprint density at radius 1 is 0.880 bits per heavy atom. The third kappa shape index (κ3) is 3.32. The number of anilines is 3. The van der Waals surface area contributed by atoms with E-state index in [1.807, 2.05) is 36.8 Å². The molecule has 1 aromatic carbocycles. The number of pyridine rings is 2. The molecule has 0 bridgehead atoms. The summed E-state index contributed by atoms with van der Waals surface area (Å²) in [6.45, 7) is 4.38. The summed E-state index contributed by atoms with van der Waals surface area (Å²) in [6, 6.07) is 17.0. The predicted molar refractivity (Wildman–Crippen MR) is 99.4 cm³/mol. The molecule has 2 aromatic heterocycles. The molecule has 4 nitrogen and oxygen atoms in total. The molecule has 25 heavy (non-hydrogen) atoms. The number of hydrogen-bond donors (Lipinski definition) is 0. The van der Waals surface area contributed by atoms with Crippen LogP contribution in [0.4, 0.5) is 17.2 Å². The van der Waals surface area contributed by atoms with Crippen molar-refractivity contribution in [1.29, 1.82) is 0 Å². The molecule has 0 saturated carbocycles. The van der Waals surface area contributed by atoms with Crippen LogP contribution in [0.5, 0.6) is 0 Å². The zero-order chi connectivity index (χ0) is 16.5. The van der Waals surface area contributed by atoms with Gasteiger partial charge in [-0.15, -0.1) is 0 Å². The van der Waals surface area contributed by atoms with Gasteiger partial charge in [-0.3, -0.25) is 4.98 Å². The number of para-hydroxylation sites is 2. The van der Waals surface area contributed by atoms with Crippen molar-refractivity contribution in [3.63, 3.8) is 0 Å². The Hall–Kier alpha value is -2.17. The van der Waals surface area contributed by atoms with Gasteiger partial charge in [-0.2, -0.15) is 0 Å². The molecule has 0 spiro atoms. The van der Waals surface area contributed by atoms with Crippen LogP contribution >= 0.6 is 0 Å². The monoisotopic (exact) mass is 506 g/mol. The summed E-state index contributed by atoms with van der Waals surface area (Å²) in [5.41, 5.74) is 4.65. The maximum absolute atomic E-state index is 4.59. The van der Waals surface area contributed by atoms with Crippen LogP contribution in [-0.4, -0.2) is 23.6 Å². The second kappa shape index (κ2) is 7.38. The first-order valence-electron chi connectivity index (χ1n) is 8.12. The Morgan fingerprint density at radius 2 is 1.56 bits per heavy atom. The summed E-state index contributed by atoms with van der Waals surface area (Å²) >= 11 is 0. The van der Waals surface area contributed by atoms with E-state index in [2.05, 4.69) is 71.3 Å². The molecule has 3 aromatic rings. The average molecular weight is 505 g/mol. The molecule has 6 heteroatoms. The average Bonchev–Trinajstić information content (AvgIpc) is 3.03. The zero-order valence-electron chi connectivity index (χ0n) is 14.1. The Kier molecular flexibility index (Phi) is 5.21. The van der Waals surface area contributed by atoms with E-state index in [-0.39, 0.29) is 20.1 Å². The molecule has 0 atom stereocenters. The first-order chi connectivity index (χ1) is 11.7. The number of hydrogen-bond acceptors (Lipinski definition) is 4. The van der Waals surface area contributed by atoms with Crippen LogP contribution in [0.2, 0.25) is 0 Å². The van der Waals surface area contributed by atoms with Crippen LogP contribution in [0.25, 0.3) is 11.1 Å². The van der Waals surface area contributed by atoms with Crippen molar-refractivity contribution in [2.75, 3.05) is 9.62 Å². The van der Waals surface area contributed by atoms with E-state index in [9.17, 15) is 0 Å². The van der Waals surface area contributed by atoms with Crippen LogP contribution in [0.3, 0.4) is 0 Å². The van der Waals surface area contributed by atoms with Gasteiger partial charge in [-0.25, -0.2) is 4.98 Å². The maximum Gasteiger partial charge on any atom is 0.397 e. The van der Waals surface area contributed by atoms with Crippen molar-refractivity contribution in [3.8, 4) is 11.1 Å². The number of nitrogens with zero attached hydrogens (tertiary/aromatic N) is 4. The van der Waals surface area contributed by atoms with Crippen LogP contribution in [0.1, 0.15) is 13.8 Å². The van der Waals surface area contributed by atoms with Crippen LogP contribution < -0.4 is 9.62 Å². The topological polar surface area (TPSA) is 32.3 Å². The van der Waals surface area contributed by atoms with E-state index in [4.69, 9.17) is 0 Å². The molecule has 0 fully saturated rings. The summed E-state index contributed by atoms with van der Waals surface area (Å²) in [5.74, 6) is 0.917. The van der Waals surface area contributed by atoms with E-state index in [0.717, 1.165) is 22.6 Å². The van der Waals surface area contributed by atoms with Gasteiger partial charge >= 0.3 is 7.55 Å². The molecule has 1 aliphatic heterocycles. The number of rotatable bonds is 3. The molecule has 0 aliphatic carbocycles. The molecule has 0 saturated heterocycles. The Bertz CT molecular complexity index is 857. The van der Waals surface area contributed by atoms with Gasteiger partial charge in [-0.1, -0.05) is 12.1 Å². The summed E-state index contributed by atoms with van der Waals surface area (Å²) in [6.07, 6.45) is 5.49. The molecule has 4 rings (SSSR count). The van der Waals surface area contributed by atoms with Crippen molar-refractivity contribution in [2.24, 2.45) is 0 Å². The van der Waals surface area contributed by atoms with Crippen LogP contribution in [0, 0.1) is 0 Å². The van der Waals surface area contributed by atoms with Crippen LogP contribution in [-0.2, 0) is 20.1 Å². The molecule has 0 amide bonds. The van der Waals surface area contributed by atoms with Gasteiger partial charge in [0, 0.05) is 50.4 Å². The maximum atomic E-state index is 4.59. The molecule has 2 radical (unpaired) electrons. The Balaban J connectivity index is 0.00000182. The molecule has 126 valence electrons. The van der Waals surface area contributed by atoms with E-state index in [0.29, 0.717) is 6.04 Å². The van der Waals surface area contributed by atoms with E-state index < -0.39 is 0 Å². The fourth-order valence-corrected chi connectivity index (χ4v) is 3.00. The first-order valence-corrected chi connectivity index (χ1v) is 8.12. The normalized spacial score (nSPS) is 12.6. The number of benzene rings is 1. The fourth-order valence-electron chi connectivity index (χ4n) is 3.00. The molecular weight excluding hydrogens is 487 g/mol. The van der Waals surface area contributed by atoms with E-state index in [1.54, 1.807) is 0 Å². The third-order valence-corrected chi connectivity index (χ3v) is 4.22. The fraction of sp³-hybridized carbons (Fsp3) is 0.158. The van der Waals surface area contributed by atoms with Crippen molar-refractivity contribution < 1.29 is 20.1 Å². The van der Waals surface area contributed by atoms with Gasteiger partial charge in [0.05, 0.1) is 5.69 Å². The minimum atomic E-state index is 0. The number of aromatic nitrogens is 2. The SMILES string of the molecule is CC(C)N1[B]N(c2cc(-c3ccncc3)ccn2)c2ccccc21.[Ir]. The quantitative estimate of drug-likeness (QED) is 0.504. The summed E-state index contributed by atoms with van der Waals surface area (Å²) in [4.78, 5) is 13.1. The predicted octanol–water partition coefficient (Wildman–Crippen LogP) is 4.04. The zero-order valence-corrected chi connectivity index (χ0v) is 16.5. The van der Waals surface area contributed by atoms with Crippen molar-refractivity contribution in [1.82, 2.24) is 9.97 Å². The van der Waals surface area contributed by atoms with Gasteiger partial charge in [0.25, 0.3) is 0 Å². The summed E-state index contributed by atoms with van der Waals surface area (Å²) in [7, 11) is 2.13. The Morgan fingerprint density at radius 3 is 2.28 bits per heavy atom. The van der Waals surface area contributed by atoms with Crippen molar-refractivity contribution in [2.45, 2.75) is 19.9 Å². The minimum Gasteiger partial charge on any atom is -0.395 e. The van der Waals surface area contributed by atoms with E-state index in [1.165, 1.54) is 5.69 Å². The molecular formula is C19H18BIrN4.